The average molecular weight is 414 g/mol. The Kier molecular flexibility index (Phi) is 5.33. The SMILES string of the molecule is CSCCN1C(=O)C(NC(=O)c2cc3cc(Cl)ccc3[nH]2)Cc2ccccc21. The molecule has 0 aliphatic carbocycles. The number of benzene rings is 2. The van der Waals surface area contributed by atoms with E-state index in [2.05, 4.69) is 10.3 Å². The van der Waals surface area contributed by atoms with Crippen molar-refractivity contribution in [3.8, 4) is 0 Å². The van der Waals surface area contributed by atoms with Crippen molar-refractivity contribution in [1.29, 1.82) is 0 Å². The molecule has 0 saturated carbocycles. The molecule has 1 unspecified atom stereocenters. The minimum atomic E-state index is -0.584. The van der Waals surface area contributed by atoms with Gasteiger partial charge in [-0.1, -0.05) is 29.8 Å². The topological polar surface area (TPSA) is 65.2 Å². The zero-order valence-corrected chi connectivity index (χ0v) is 16.9. The maximum atomic E-state index is 13.1. The number of carbonyl (C=O) groups excluding carboxylic acids is 2. The summed E-state index contributed by atoms with van der Waals surface area (Å²) >= 11 is 7.71. The number of H-pyrrole nitrogens is 1. The van der Waals surface area contributed by atoms with Gasteiger partial charge in [0.25, 0.3) is 5.91 Å². The third kappa shape index (κ3) is 3.62. The Balaban J connectivity index is 1.58. The number of hydrogen-bond acceptors (Lipinski definition) is 3. The molecule has 2 N–H and O–H groups in total. The van der Waals surface area contributed by atoms with Gasteiger partial charge in [-0.2, -0.15) is 11.8 Å². The van der Waals surface area contributed by atoms with E-state index in [1.807, 2.05) is 36.6 Å². The van der Waals surface area contributed by atoms with Crippen molar-refractivity contribution < 1.29 is 9.59 Å². The summed E-state index contributed by atoms with van der Waals surface area (Å²) in [6.07, 6.45) is 2.50. The van der Waals surface area contributed by atoms with Crippen LogP contribution >= 0.6 is 23.4 Å². The number of aromatic nitrogens is 1. The molecule has 28 heavy (non-hydrogen) atoms. The summed E-state index contributed by atoms with van der Waals surface area (Å²) in [5.41, 5.74) is 3.25. The van der Waals surface area contributed by atoms with E-state index in [9.17, 15) is 9.59 Å². The van der Waals surface area contributed by atoms with Gasteiger partial charge in [0.05, 0.1) is 0 Å². The lowest BCUT2D eigenvalue weighted by atomic mass is 9.97. The van der Waals surface area contributed by atoms with Crippen LogP contribution < -0.4 is 10.2 Å². The Bertz CT molecular complexity index is 1050. The van der Waals surface area contributed by atoms with Gasteiger partial charge < -0.3 is 15.2 Å². The first-order valence-corrected chi connectivity index (χ1v) is 10.8. The van der Waals surface area contributed by atoms with Gasteiger partial charge >= 0.3 is 0 Å². The zero-order valence-electron chi connectivity index (χ0n) is 15.4. The molecule has 7 heteroatoms. The molecule has 4 rings (SSSR count). The van der Waals surface area contributed by atoms with Gasteiger partial charge in [0.2, 0.25) is 5.91 Å². The minimum Gasteiger partial charge on any atom is -0.351 e. The molecule has 1 aliphatic rings. The molecule has 1 aliphatic heterocycles. The van der Waals surface area contributed by atoms with Crippen LogP contribution in [0.5, 0.6) is 0 Å². The first-order valence-electron chi connectivity index (χ1n) is 9.04. The van der Waals surface area contributed by atoms with Crippen molar-refractivity contribution in [2.45, 2.75) is 12.5 Å². The Morgan fingerprint density at radius 2 is 2.11 bits per heavy atom. The average Bonchev–Trinajstić information content (AvgIpc) is 3.11. The number of halogens is 1. The number of hydrogen-bond donors (Lipinski definition) is 2. The summed E-state index contributed by atoms with van der Waals surface area (Å²) in [7, 11) is 0. The van der Waals surface area contributed by atoms with Crippen LogP contribution in [0.2, 0.25) is 5.02 Å². The predicted molar refractivity (Wildman–Crippen MR) is 115 cm³/mol. The molecule has 0 bridgehead atoms. The van der Waals surface area contributed by atoms with Crippen LogP contribution in [0.3, 0.4) is 0 Å². The maximum Gasteiger partial charge on any atom is 0.268 e. The van der Waals surface area contributed by atoms with Crippen molar-refractivity contribution in [3.05, 3.63) is 64.8 Å². The van der Waals surface area contributed by atoms with E-state index in [0.29, 0.717) is 23.7 Å². The van der Waals surface area contributed by atoms with Crippen molar-refractivity contribution in [1.82, 2.24) is 10.3 Å². The van der Waals surface area contributed by atoms with Crippen LogP contribution in [0.1, 0.15) is 16.1 Å². The molecular formula is C21H20ClN3O2S. The summed E-state index contributed by atoms with van der Waals surface area (Å²) in [4.78, 5) is 30.7. The summed E-state index contributed by atoms with van der Waals surface area (Å²) in [5.74, 6) is 0.471. The number of rotatable bonds is 5. The van der Waals surface area contributed by atoms with Crippen LogP contribution in [0, 0.1) is 0 Å². The second kappa shape index (κ2) is 7.89. The molecule has 1 atom stereocenters. The zero-order chi connectivity index (χ0) is 19.7. The lowest BCUT2D eigenvalue weighted by Gasteiger charge is -2.34. The van der Waals surface area contributed by atoms with E-state index in [1.165, 1.54) is 0 Å². The molecule has 0 radical (unpaired) electrons. The standard InChI is InChI=1S/C21H20ClN3O2S/c1-28-9-8-25-19-5-3-2-4-13(19)11-18(21(25)27)24-20(26)17-12-14-10-15(22)6-7-16(14)23-17/h2-7,10,12,18,23H,8-9,11H2,1H3,(H,24,26). The number of amides is 2. The molecule has 1 aromatic heterocycles. The summed E-state index contributed by atoms with van der Waals surface area (Å²) < 4.78 is 0. The van der Waals surface area contributed by atoms with Crippen LogP contribution in [0.15, 0.2) is 48.5 Å². The number of nitrogens with zero attached hydrogens (tertiary/aromatic N) is 1. The van der Waals surface area contributed by atoms with Crippen molar-refractivity contribution >= 4 is 51.8 Å². The molecule has 144 valence electrons. The number of para-hydroxylation sites is 1. The number of nitrogens with one attached hydrogen (secondary N) is 2. The number of carbonyl (C=O) groups is 2. The van der Waals surface area contributed by atoms with E-state index in [-0.39, 0.29) is 11.8 Å². The Morgan fingerprint density at radius 1 is 1.29 bits per heavy atom. The van der Waals surface area contributed by atoms with Crippen LogP contribution in [-0.4, -0.2) is 41.4 Å². The smallest absolute Gasteiger partial charge is 0.268 e. The van der Waals surface area contributed by atoms with Crippen LogP contribution in [0.4, 0.5) is 5.69 Å². The fraction of sp³-hybridized carbons (Fsp3) is 0.238. The highest BCUT2D eigenvalue weighted by Crippen LogP contribution is 2.28. The van der Waals surface area contributed by atoms with Crippen LogP contribution in [-0.2, 0) is 11.2 Å². The Hall–Kier alpha value is -2.44. The highest BCUT2D eigenvalue weighted by molar-refractivity contribution is 7.98. The van der Waals surface area contributed by atoms with E-state index < -0.39 is 6.04 Å². The minimum absolute atomic E-state index is 0.0692. The highest BCUT2D eigenvalue weighted by Gasteiger charge is 2.33. The number of fused-ring (bicyclic) bond motifs is 2. The number of anilines is 1. The highest BCUT2D eigenvalue weighted by atomic mass is 35.5. The largest absolute Gasteiger partial charge is 0.351 e. The third-order valence-corrected chi connectivity index (χ3v) is 5.75. The molecular weight excluding hydrogens is 394 g/mol. The molecule has 0 spiro atoms. The van der Waals surface area contributed by atoms with E-state index >= 15 is 0 Å². The first kappa shape index (κ1) is 18.9. The Morgan fingerprint density at radius 3 is 2.93 bits per heavy atom. The molecule has 5 nitrogen and oxygen atoms in total. The van der Waals surface area contributed by atoms with Crippen LogP contribution in [0.25, 0.3) is 10.9 Å². The summed E-state index contributed by atoms with van der Waals surface area (Å²) in [6, 6.07) is 14.5. The molecule has 0 fully saturated rings. The van der Waals surface area contributed by atoms with Gasteiger partial charge in [-0.05, 0) is 42.2 Å². The Labute approximate surface area is 172 Å². The molecule has 2 heterocycles. The van der Waals surface area contributed by atoms with Gasteiger partial charge in [0.1, 0.15) is 11.7 Å². The normalized spacial score (nSPS) is 16.3. The summed E-state index contributed by atoms with van der Waals surface area (Å²) in [5, 5.41) is 4.38. The van der Waals surface area contributed by atoms with Crippen molar-refractivity contribution in [3.63, 3.8) is 0 Å². The van der Waals surface area contributed by atoms with Crippen molar-refractivity contribution in [2.75, 3.05) is 23.5 Å². The summed E-state index contributed by atoms with van der Waals surface area (Å²) in [6.45, 7) is 0.619. The first-order chi connectivity index (χ1) is 13.6. The quantitative estimate of drug-likeness (QED) is 0.667. The van der Waals surface area contributed by atoms with Gasteiger partial charge in [0.15, 0.2) is 0 Å². The van der Waals surface area contributed by atoms with E-state index in [1.54, 1.807) is 34.9 Å². The van der Waals surface area contributed by atoms with E-state index in [0.717, 1.165) is 27.9 Å². The predicted octanol–water partition coefficient (Wildman–Crippen LogP) is 3.87. The van der Waals surface area contributed by atoms with E-state index in [4.69, 9.17) is 11.6 Å². The third-order valence-electron chi connectivity index (χ3n) is 4.92. The van der Waals surface area contributed by atoms with Gasteiger partial charge in [-0.25, -0.2) is 0 Å². The fourth-order valence-electron chi connectivity index (χ4n) is 3.55. The number of aromatic amines is 1. The van der Waals surface area contributed by atoms with Gasteiger partial charge in [0, 0.05) is 40.3 Å². The molecule has 3 aromatic rings. The fourth-order valence-corrected chi connectivity index (χ4v) is 4.09. The van der Waals surface area contributed by atoms with Gasteiger partial charge in [-0.3, -0.25) is 9.59 Å². The monoisotopic (exact) mass is 413 g/mol. The second-order valence-electron chi connectivity index (χ2n) is 6.76. The molecule has 0 saturated heterocycles. The van der Waals surface area contributed by atoms with Crippen molar-refractivity contribution in [2.24, 2.45) is 0 Å². The molecule has 2 amide bonds. The number of thioether (sulfide) groups is 1. The lowest BCUT2D eigenvalue weighted by molar-refractivity contribution is -0.120. The lowest BCUT2D eigenvalue weighted by Crippen LogP contribution is -2.53. The van der Waals surface area contributed by atoms with Gasteiger partial charge in [-0.15, -0.1) is 0 Å². The second-order valence-corrected chi connectivity index (χ2v) is 8.18. The molecule has 2 aromatic carbocycles. The maximum absolute atomic E-state index is 13.1.